The minimum Gasteiger partial charge on any atom is -0.478 e. The average molecular weight is 226 g/mol. The first-order valence-electron chi connectivity index (χ1n) is 4.53. The molecule has 1 N–H and O–H groups in total. The van der Waals surface area contributed by atoms with Crippen LogP contribution in [0.15, 0.2) is 28.9 Å². The smallest absolute Gasteiger partial charge is 0.339 e. The lowest BCUT2D eigenvalue weighted by atomic mass is 10.1. The summed E-state index contributed by atoms with van der Waals surface area (Å²) in [7, 11) is 0. The molecule has 0 bridgehead atoms. The molecule has 0 amide bonds. The molecule has 0 radical (unpaired) electrons. The molecule has 5 heteroatoms. The molecule has 0 aliphatic carbocycles. The summed E-state index contributed by atoms with van der Waals surface area (Å²) >= 11 is 0. The van der Waals surface area contributed by atoms with Gasteiger partial charge >= 0.3 is 5.97 Å². The van der Waals surface area contributed by atoms with E-state index in [0.717, 1.165) is 13.2 Å². The van der Waals surface area contributed by atoms with E-state index in [4.69, 9.17) is 9.52 Å². The van der Waals surface area contributed by atoms with Crippen LogP contribution in [0.3, 0.4) is 0 Å². The van der Waals surface area contributed by atoms with Gasteiger partial charge in [-0.2, -0.15) is 0 Å². The van der Waals surface area contributed by atoms with Gasteiger partial charge in [-0.1, -0.05) is 12.1 Å². The number of hydrogen-bond acceptors (Lipinski definition) is 2. The SMILES string of the molecule is CC(F)(F)c1coc2c(C(=O)O)cccc12. The van der Waals surface area contributed by atoms with Crippen LogP contribution in [0.2, 0.25) is 0 Å². The Balaban J connectivity index is 2.76. The predicted octanol–water partition coefficient (Wildman–Crippen LogP) is 3.24. The van der Waals surface area contributed by atoms with Crippen molar-refractivity contribution < 1.29 is 23.1 Å². The molecule has 3 nitrogen and oxygen atoms in total. The second kappa shape index (κ2) is 3.30. The van der Waals surface area contributed by atoms with Crippen LogP contribution in [-0.2, 0) is 5.92 Å². The highest BCUT2D eigenvalue weighted by molar-refractivity contribution is 6.02. The minimum absolute atomic E-state index is 0.0217. The molecule has 2 aromatic rings. The fourth-order valence-electron chi connectivity index (χ4n) is 1.57. The number of aromatic carboxylic acids is 1. The van der Waals surface area contributed by atoms with Gasteiger partial charge < -0.3 is 9.52 Å². The summed E-state index contributed by atoms with van der Waals surface area (Å²) in [6.07, 6.45) is 0.900. The molecule has 16 heavy (non-hydrogen) atoms. The van der Waals surface area contributed by atoms with E-state index in [1.165, 1.54) is 18.2 Å². The molecule has 0 fully saturated rings. The Kier molecular flexibility index (Phi) is 2.18. The van der Waals surface area contributed by atoms with Crippen LogP contribution in [0, 0.1) is 0 Å². The number of carbonyl (C=O) groups is 1. The fraction of sp³-hybridized carbons (Fsp3) is 0.182. The molecule has 84 valence electrons. The third-order valence-corrected chi connectivity index (χ3v) is 2.30. The standard InChI is InChI=1S/C11H8F2O3/c1-11(12,13)8-5-16-9-6(8)3-2-4-7(9)10(14)15/h2-5H,1H3,(H,14,15). The van der Waals surface area contributed by atoms with Gasteiger partial charge in [0.2, 0.25) is 0 Å². The van der Waals surface area contributed by atoms with E-state index in [2.05, 4.69) is 0 Å². The van der Waals surface area contributed by atoms with Crippen LogP contribution in [0.1, 0.15) is 22.8 Å². The van der Waals surface area contributed by atoms with Crippen molar-refractivity contribution in [1.82, 2.24) is 0 Å². The first kappa shape index (κ1) is 10.6. The van der Waals surface area contributed by atoms with Crippen molar-refractivity contribution in [2.45, 2.75) is 12.8 Å². The molecule has 0 unspecified atom stereocenters. The molecule has 0 atom stereocenters. The Morgan fingerprint density at radius 3 is 2.69 bits per heavy atom. The summed E-state index contributed by atoms with van der Waals surface area (Å²) in [5.41, 5.74) is -0.440. The average Bonchev–Trinajstić information content (AvgIpc) is 2.59. The quantitative estimate of drug-likeness (QED) is 0.855. The van der Waals surface area contributed by atoms with Crippen LogP contribution in [0.5, 0.6) is 0 Å². The third-order valence-electron chi connectivity index (χ3n) is 2.30. The van der Waals surface area contributed by atoms with Crippen molar-refractivity contribution in [2.24, 2.45) is 0 Å². The molecule has 0 spiro atoms. The zero-order valence-corrected chi connectivity index (χ0v) is 8.33. The van der Waals surface area contributed by atoms with E-state index in [-0.39, 0.29) is 22.1 Å². The number of alkyl halides is 2. The predicted molar refractivity (Wildman–Crippen MR) is 52.7 cm³/mol. The molecule has 0 aliphatic heterocycles. The molecule has 0 saturated heterocycles. The summed E-state index contributed by atoms with van der Waals surface area (Å²) in [5.74, 6) is -4.26. The van der Waals surface area contributed by atoms with Crippen molar-refractivity contribution in [3.8, 4) is 0 Å². The monoisotopic (exact) mass is 226 g/mol. The number of halogens is 2. The van der Waals surface area contributed by atoms with E-state index in [1.54, 1.807) is 0 Å². The zero-order valence-electron chi connectivity index (χ0n) is 8.33. The Labute approximate surface area is 89.3 Å². The number of para-hydroxylation sites is 1. The van der Waals surface area contributed by atoms with E-state index in [9.17, 15) is 13.6 Å². The van der Waals surface area contributed by atoms with Gasteiger partial charge in [0.05, 0.1) is 5.56 Å². The summed E-state index contributed by atoms with van der Waals surface area (Å²) in [6, 6.07) is 4.14. The maximum absolute atomic E-state index is 13.1. The van der Waals surface area contributed by atoms with Gasteiger partial charge in [0.15, 0.2) is 0 Å². The van der Waals surface area contributed by atoms with Crippen molar-refractivity contribution in [2.75, 3.05) is 0 Å². The first-order chi connectivity index (χ1) is 7.41. The van der Waals surface area contributed by atoms with Gasteiger partial charge in [0, 0.05) is 12.3 Å². The van der Waals surface area contributed by atoms with Crippen molar-refractivity contribution in [3.63, 3.8) is 0 Å². The van der Waals surface area contributed by atoms with Gasteiger partial charge in [0.1, 0.15) is 17.4 Å². The minimum atomic E-state index is -3.05. The number of carboxylic acids is 1. The van der Waals surface area contributed by atoms with Crippen molar-refractivity contribution >= 4 is 16.9 Å². The van der Waals surface area contributed by atoms with Gasteiger partial charge in [-0.25, -0.2) is 13.6 Å². The molecule has 1 heterocycles. The van der Waals surface area contributed by atoms with E-state index >= 15 is 0 Å². The molecule has 0 saturated carbocycles. The second-order valence-corrected chi connectivity index (χ2v) is 3.53. The molecular weight excluding hydrogens is 218 g/mol. The third kappa shape index (κ3) is 1.54. The highest BCUT2D eigenvalue weighted by Gasteiger charge is 2.30. The first-order valence-corrected chi connectivity index (χ1v) is 4.53. The fourth-order valence-corrected chi connectivity index (χ4v) is 1.57. The van der Waals surface area contributed by atoms with Gasteiger partial charge in [-0.15, -0.1) is 0 Å². The Morgan fingerprint density at radius 2 is 2.12 bits per heavy atom. The molecular formula is C11H8F2O3. The van der Waals surface area contributed by atoms with Crippen molar-refractivity contribution in [1.29, 1.82) is 0 Å². The van der Waals surface area contributed by atoms with Gasteiger partial charge in [-0.3, -0.25) is 0 Å². The topological polar surface area (TPSA) is 50.4 Å². The highest BCUT2D eigenvalue weighted by atomic mass is 19.3. The van der Waals surface area contributed by atoms with Crippen molar-refractivity contribution in [3.05, 3.63) is 35.6 Å². The normalized spacial score (nSPS) is 11.9. The molecule has 1 aromatic heterocycles. The summed E-state index contributed by atoms with van der Waals surface area (Å²) in [4.78, 5) is 10.8. The maximum Gasteiger partial charge on any atom is 0.339 e. The molecule has 1 aromatic carbocycles. The number of carboxylic acid groups (broad SMARTS) is 1. The summed E-state index contributed by atoms with van der Waals surface area (Å²) in [5, 5.41) is 8.98. The van der Waals surface area contributed by atoms with E-state index in [0.29, 0.717) is 0 Å². The number of rotatable bonds is 2. The summed E-state index contributed by atoms with van der Waals surface area (Å²) < 4.78 is 31.2. The lowest BCUT2D eigenvalue weighted by Gasteiger charge is -2.07. The van der Waals surface area contributed by atoms with Crippen LogP contribution >= 0.6 is 0 Å². The molecule has 0 aliphatic rings. The van der Waals surface area contributed by atoms with E-state index in [1.807, 2.05) is 0 Å². The van der Waals surface area contributed by atoms with Gasteiger partial charge in [-0.05, 0) is 6.07 Å². The Morgan fingerprint density at radius 1 is 1.44 bits per heavy atom. The zero-order chi connectivity index (χ0) is 11.9. The lowest BCUT2D eigenvalue weighted by molar-refractivity contribution is 0.0182. The van der Waals surface area contributed by atoms with Crippen LogP contribution < -0.4 is 0 Å². The Bertz CT molecular complexity index is 552. The Hall–Kier alpha value is -1.91. The van der Waals surface area contributed by atoms with Crippen LogP contribution in [0.4, 0.5) is 8.78 Å². The largest absolute Gasteiger partial charge is 0.478 e. The van der Waals surface area contributed by atoms with Crippen LogP contribution in [-0.4, -0.2) is 11.1 Å². The summed E-state index contributed by atoms with van der Waals surface area (Å²) in [6.45, 7) is 0.741. The van der Waals surface area contributed by atoms with Crippen LogP contribution in [0.25, 0.3) is 11.0 Å². The highest BCUT2D eigenvalue weighted by Crippen LogP contribution is 2.35. The van der Waals surface area contributed by atoms with E-state index < -0.39 is 11.9 Å². The maximum atomic E-state index is 13.1. The second-order valence-electron chi connectivity index (χ2n) is 3.53. The number of hydrogen-bond donors (Lipinski definition) is 1. The van der Waals surface area contributed by atoms with Gasteiger partial charge in [0.25, 0.3) is 5.92 Å². The number of fused-ring (bicyclic) bond motifs is 1. The number of benzene rings is 1. The molecule has 2 rings (SSSR count). The lowest BCUT2D eigenvalue weighted by Crippen LogP contribution is -2.05. The number of furan rings is 1.